The Morgan fingerprint density at radius 2 is 1.76 bits per heavy atom. The van der Waals surface area contributed by atoms with E-state index in [1.165, 1.54) is 24.5 Å². The van der Waals surface area contributed by atoms with Crippen molar-refractivity contribution in [2.75, 3.05) is 37.7 Å². The summed E-state index contributed by atoms with van der Waals surface area (Å²) >= 11 is 0. The minimum Gasteiger partial charge on any atom is -0.493 e. The molecule has 2 saturated heterocycles. The SMILES string of the molecule is Fc1ccc(OC[C@H]2C[C@H]3CN(c4ncc(F)cn4)CCN3C2)cc1. The van der Waals surface area contributed by atoms with Gasteiger partial charge in [0.25, 0.3) is 0 Å². The quantitative estimate of drug-likeness (QED) is 0.850. The van der Waals surface area contributed by atoms with Crippen LogP contribution in [0.4, 0.5) is 14.7 Å². The lowest BCUT2D eigenvalue weighted by Crippen LogP contribution is -2.50. The van der Waals surface area contributed by atoms with Crippen molar-refractivity contribution in [2.45, 2.75) is 12.5 Å². The second-order valence-electron chi connectivity index (χ2n) is 6.66. The number of rotatable bonds is 4. The molecule has 1 aromatic heterocycles. The highest BCUT2D eigenvalue weighted by Gasteiger charge is 2.37. The number of anilines is 1. The maximum Gasteiger partial charge on any atom is 0.225 e. The van der Waals surface area contributed by atoms with Gasteiger partial charge in [-0.1, -0.05) is 0 Å². The summed E-state index contributed by atoms with van der Waals surface area (Å²) in [5, 5.41) is 0. The van der Waals surface area contributed by atoms with Gasteiger partial charge in [-0.25, -0.2) is 18.7 Å². The van der Waals surface area contributed by atoms with Crippen molar-refractivity contribution in [2.24, 2.45) is 5.92 Å². The van der Waals surface area contributed by atoms with Gasteiger partial charge in [-0.15, -0.1) is 0 Å². The third kappa shape index (κ3) is 3.71. The summed E-state index contributed by atoms with van der Waals surface area (Å²) in [7, 11) is 0. The van der Waals surface area contributed by atoms with Gasteiger partial charge in [-0.2, -0.15) is 0 Å². The van der Waals surface area contributed by atoms with Crippen LogP contribution in [0.5, 0.6) is 5.75 Å². The van der Waals surface area contributed by atoms with Gasteiger partial charge in [-0.3, -0.25) is 4.90 Å². The Morgan fingerprint density at radius 3 is 2.52 bits per heavy atom. The maximum atomic E-state index is 13.0. The van der Waals surface area contributed by atoms with E-state index >= 15 is 0 Å². The molecule has 7 heteroatoms. The zero-order chi connectivity index (χ0) is 17.2. The van der Waals surface area contributed by atoms with E-state index < -0.39 is 5.82 Å². The van der Waals surface area contributed by atoms with Gasteiger partial charge >= 0.3 is 0 Å². The van der Waals surface area contributed by atoms with E-state index in [1.54, 1.807) is 12.1 Å². The highest BCUT2D eigenvalue weighted by Crippen LogP contribution is 2.28. The number of halogens is 2. The summed E-state index contributed by atoms with van der Waals surface area (Å²) in [6.07, 6.45) is 3.46. The minimum absolute atomic E-state index is 0.256. The van der Waals surface area contributed by atoms with Crippen LogP contribution in [0, 0.1) is 17.6 Å². The molecule has 132 valence electrons. The van der Waals surface area contributed by atoms with E-state index in [0.29, 0.717) is 30.3 Å². The van der Waals surface area contributed by atoms with E-state index in [-0.39, 0.29) is 5.82 Å². The number of aromatic nitrogens is 2. The fourth-order valence-electron chi connectivity index (χ4n) is 3.66. The van der Waals surface area contributed by atoms with E-state index in [2.05, 4.69) is 19.8 Å². The molecular weight excluding hydrogens is 326 g/mol. The molecule has 4 rings (SSSR count). The standard InChI is InChI=1S/C18H20F2N4O/c19-14-1-3-17(4-2-14)25-12-13-7-16-11-24(6-5-23(16)10-13)18-21-8-15(20)9-22-18/h1-4,8-9,13,16H,5-7,10-12H2/t13-,16-/m0/s1. The molecule has 3 heterocycles. The van der Waals surface area contributed by atoms with Crippen molar-refractivity contribution in [3.63, 3.8) is 0 Å². The molecule has 2 atom stereocenters. The van der Waals surface area contributed by atoms with Crippen molar-refractivity contribution in [3.05, 3.63) is 48.3 Å². The number of hydrogen-bond donors (Lipinski definition) is 0. The highest BCUT2D eigenvalue weighted by atomic mass is 19.1. The molecule has 0 N–H and O–H groups in total. The van der Waals surface area contributed by atoms with Crippen molar-refractivity contribution >= 4 is 5.95 Å². The Balaban J connectivity index is 1.32. The van der Waals surface area contributed by atoms with Crippen LogP contribution in [0.2, 0.25) is 0 Å². The van der Waals surface area contributed by atoms with Crippen LogP contribution in [-0.4, -0.2) is 53.7 Å². The molecule has 0 radical (unpaired) electrons. The van der Waals surface area contributed by atoms with E-state index in [0.717, 1.165) is 32.6 Å². The second kappa shape index (κ2) is 6.92. The molecular formula is C18H20F2N4O. The fourth-order valence-corrected chi connectivity index (χ4v) is 3.66. The monoisotopic (exact) mass is 346 g/mol. The third-order valence-electron chi connectivity index (χ3n) is 4.89. The van der Waals surface area contributed by atoms with Gasteiger partial charge < -0.3 is 9.64 Å². The van der Waals surface area contributed by atoms with Crippen molar-refractivity contribution < 1.29 is 13.5 Å². The predicted octanol–water partition coefficient (Wildman–Crippen LogP) is 2.34. The topological polar surface area (TPSA) is 41.5 Å². The molecule has 2 aliphatic rings. The number of nitrogens with zero attached hydrogens (tertiary/aromatic N) is 4. The lowest BCUT2D eigenvalue weighted by atomic mass is 10.1. The molecule has 1 aromatic carbocycles. The Kier molecular flexibility index (Phi) is 4.48. The van der Waals surface area contributed by atoms with Crippen LogP contribution in [-0.2, 0) is 0 Å². The molecule has 0 aliphatic carbocycles. The van der Waals surface area contributed by atoms with Gasteiger partial charge in [0, 0.05) is 38.1 Å². The Labute approximate surface area is 145 Å². The van der Waals surface area contributed by atoms with Crippen LogP contribution < -0.4 is 9.64 Å². The lowest BCUT2D eigenvalue weighted by molar-refractivity contribution is 0.216. The number of fused-ring (bicyclic) bond motifs is 1. The molecule has 0 bridgehead atoms. The van der Waals surface area contributed by atoms with Gasteiger partial charge in [-0.05, 0) is 30.7 Å². The van der Waals surface area contributed by atoms with Crippen LogP contribution in [0.15, 0.2) is 36.7 Å². The summed E-state index contributed by atoms with van der Waals surface area (Å²) < 4.78 is 31.7. The zero-order valence-electron chi connectivity index (χ0n) is 13.8. The zero-order valence-corrected chi connectivity index (χ0v) is 13.8. The summed E-state index contributed by atoms with van der Waals surface area (Å²) in [4.78, 5) is 12.8. The number of benzene rings is 1. The first kappa shape index (κ1) is 16.2. The smallest absolute Gasteiger partial charge is 0.225 e. The summed E-state index contributed by atoms with van der Waals surface area (Å²) in [6, 6.07) is 6.57. The molecule has 2 aromatic rings. The van der Waals surface area contributed by atoms with Gasteiger partial charge in [0.2, 0.25) is 5.95 Å². The van der Waals surface area contributed by atoms with Crippen LogP contribution in [0.25, 0.3) is 0 Å². The van der Waals surface area contributed by atoms with Crippen LogP contribution in [0.1, 0.15) is 6.42 Å². The number of piperazine rings is 1. The van der Waals surface area contributed by atoms with Crippen molar-refractivity contribution in [1.29, 1.82) is 0 Å². The average Bonchev–Trinajstić information content (AvgIpc) is 3.04. The first-order valence-electron chi connectivity index (χ1n) is 8.52. The van der Waals surface area contributed by atoms with Gasteiger partial charge in [0.15, 0.2) is 5.82 Å². The van der Waals surface area contributed by atoms with Crippen LogP contribution in [0.3, 0.4) is 0 Å². The number of hydrogen-bond acceptors (Lipinski definition) is 5. The summed E-state index contributed by atoms with van der Waals surface area (Å²) in [5.74, 6) is 1.07. The van der Waals surface area contributed by atoms with Gasteiger partial charge in [0.1, 0.15) is 11.6 Å². The van der Waals surface area contributed by atoms with Crippen molar-refractivity contribution in [3.8, 4) is 5.75 Å². The van der Waals surface area contributed by atoms with Gasteiger partial charge in [0.05, 0.1) is 19.0 Å². The highest BCUT2D eigenvalue weighted by molar-refractivity contribution is 5.30. The molecule has 0 unspecified atom stereocenters. The van der Waals surface area contributed by atoms with E-state index in [4.69, 9.17) is 4.74 Å². The summed E-state index contributed by atoms with van der Waals surface area (Å²) in [5.41, 5.74) is 0. The molecule has 25 heavy (non-hydrogen) atoms. The molecule has 5 nitrogen and oxygen atoms in total. The molecule has 2 fully saturated rings. The van der Waals surface area contributed by atoms with E-state index in [1.807, 2.05) is 0 Å². The first-order chi connectivity index (χ1) is 12.2. The maximum absolute atomic E-state index is 13.0. The Hall–Kier alpha value is -2.28. The van der Waals surface area contributed by atoms with E-state index in [9.17, 15) is 8.78 Å². The first-order valence-corrected chi connectivity index (χ1v) is 8.52. The van der Waals surface area contributed by atoms with Crippen molar-refractivity contribution in [1.82, 2.24) is 14.9 Å². The predicted molar refractivity (Wildman–Crippen MR) is 89.6 cm³/mol. The Bertz CT molecular complexity index is 710. The average molecular weight is 346 g/mol. The van der Waals surface area contributed by atoms with Crippen LogP contribution >= 0.6 is 0 Å². The summed E-state index contributed by atoms with van der Waals surface area (Å²) in [6.45, 7) is 4.26. The second-order valence-corrected chi connectivity index (χ2v) is 6.66. The lowest BCUT2D eigenvalue weighted by Gasteiger charge is -2.37. The Morgan fingerprint density at radius 1 is 1.00 bits per heavy atom. The largest absolute Gasteiger partial charge is 0.493 e. The third-order valence-corrected chi connectivity index (χ3v) is 4.89. The molecule has 0 amide bonds. The minimum atomic E-state index is -0.416. The molecule has 0 saturated carbocycles. The fraction of sp³-hybridized carbons (Fsp3) is 0.444. The normalized spacial score (nSPS) is 23.5. The molecule has 2 aliphatic heterocycles. The molecule has 0 spiro atoms. The number of ether oxygens (including phenoxy) is 1.